The lowest BCUT2D eigenvalue weighted by Gasteiger charge is -2.25. The number of amides is 1. The van der Waals surface area contributed by atoms with Crippen molar-refractivity contribution in [3.05, 3.63) is 131 Å². The fourth-order valence-electron chi connectivity index (χ4n) is 4.86. The van der Waals surface area contributed by atoms with Crippen molar-refractivity contribution < 1.29 is 14.6 Å². The van der Waals surface area contributed by atoms with E-state index in [1.54, 1.807) is 0 Å². The van der Waals surface area contributed by atoms with E-state index in [0.717, 1.165) is 36.1 Å². The van der Waals surface area contributed by atoms with Gasteiger partial charge in [0.2, 0.25) is 0 Å². The van der Waals surface area contributed by atoms with Gasteiger partial charge in [0.25, 0.3) is 5.91 Å². The van der Waals surface area contributed by atoms with E-state index in [0.29, 0.717) is 30.0 Å². The third-order valence-electron chi connectivity index (χ3n) is 6.96. The molecule has 0 aliphatic carbocycles. The van der Waals surface area contributed by atoms with Gasteiger partial charge >= 0.3 is 0 Å². The van der Waals surface area contributed by atoms with E-state index in [4.69, 9.17) is 4.74 Å². The minimum atomic E-state index is -0.768. The van der Waals surface area contributed by atoms with Gasteiger partial charge in [0, 0.05) is 17.7 Å². The van der Waals surface area contributed by atoms with Crippen molar-refractivity contribution in [2.75, 3.05) is 13.1 Å². The number of rotatable bonds is 11. The van der Waals surface area contributed by atoms with Crippen LogP contribution in [0.5, 0.6) is 11.5 Å². The third-order valence-corrected chi connectivity index (χ3v) is 6.96. The molecule has 5 rings (SSSR count). The zero-order valence-corrected chi connectivity index (χ0v) is 21.9. The quantitative estimate of drug-likeness (QED) is 0.225. The Bertz CT molecular complexity index is 1400. The van der Waals surface area contributed by atoms with Crippen molar-refractivity contribution in [3.63, 3.8) is 0 Å². The van der Waals surface area contributed by atoms with Gasteiger partial charge < -0.3 is 20.5 Å². The molecule has 0 radical (unpaired) electrons. The molecule has 1 aliphatic rings. The van der Waals surface area contributed by atoms with E-state index in [1.807, 2.05) is 91.0 Å². The van der Waals surface area contributed by atoms with E-state index < -0.39 is 12.1 Å². The molecule has 1 aliphatic heterocycles. The molecule has 0 fully saturated rings. The molecule has 0 bridgehead atoms. The van der Waals surface area contributed by atoms with Crippen LogP contribution in [0.3, 0.4) is 0 Å². The monoisotopic (exact) mass is 518 g/mol. The summed E-state index contributed by atoms with van der Waals surface area (Å²) in [5, 5.41) is 17.7. The Labute approximate surface area is 230 Å². The van der Waals surface area contributed by atoms with Crippen LogP contribution in [0.15, 0.2) is 109 Å². The fourth-order valence-corrected chi connectivity index (χ4v) is 4.86. The van der Waals surface area contributed by atoms with Crippen LogP contribution in [0.25, 0.3) is 11.6 Å². The summed E-state index contributed by atoms with van der Waals surface area (Å²) in [5.41, 5.74) is 4.42. The first-order valence-electron chi connectivity index (χ1n) is 13.5. The number of nitrogens with one attached hydrogen (secondary N) is 2. The van der Waals surface area contributed by atoms with E-state index in [2.05, 4.69) is 34.9 Å². The highest BCUT2D eigenvalue weighted by Gasteiger charge is 2.26. The number of benzene rings is 4. The Morgan fingerprint density at radius 3 is 2.18 bits per heavy atom. The number of carbonyl (C=O) groups excluding carboxylic acids is 1. The number of aryl methyl sites for hydroxylation is 1. The highest BCUT2D eigenvalue weighted by atomic mass is 16.5. The summed E-state index contributed by atoms with van der Waals surface area (Å²) in [6.45, 7) is 1.17. The molecule has 0 saturated heterocycles. The van der Waals surface area contributed by atoms with Gasteiger partial charge in [-0.15, -0.1) is 0 Å². The molecule has 3 N–H and O–H groups in total. The number of aliphatic hydroxyl groups is 1. The Morgan fingerprint density at radius 1 is 0.769 bits per heavy atom. The van der Waals surface area contributed by atoms with Crippen molar-refractivity contribution in [2.24, 2.45) is 0 Å². The fraction of sp³-hybridized carbons (Fsp3) is 0.206. The minimum absolute atomic E-state index is 0.244. The SMILES string of the molecule is O=C(N[C@@H](Cc1ccccc1)[C@@H](O)CNCCCc1ccccc1)C1=Cc2ccccc2Oc2ccccc21. The Hall–Kier alpha value is -4.19. The minimum Gasteiger partial charge on any atom is -0.456 e. The highest BCUT2D eigenvalue weighted by molar-refractivity contribution is 6.25. The number of ether oxygens (including phenoxy) is 1. The Morgan fingerprint density at radius 2 is 1.41 bits per heavy atom. The van der Waals surface area contributed by atoms with Crippen LogP contribution in [-0.2, 0) is 17.6 Å². The molecule has 0 unspecified atom stereocenters. The van der Waals surface area contributed by atoms with Crippen molar-refractivity contribution in [1.29, 1.82) is 0 Å². The molecule has 5 nitrogen and oxygen atoms in total. The molecule has 4 aromatic carbocycles. The molecular formula is C34H34N2O3. The molecule has 0 aromatic heterocycles. The normalized spacial score (nSPS) is 13.6. The first-order valence-corrected chi connectivity index (χ1v) is 13.5. The van der Waals surface area contributed by atoms with Gasteiger partial charge in [0.05, 0.1) is 17.7 Å². The van der Waals surface area contributed by atoms with Gasteiger partial charge in [0.1, 0.15) is 11.5 Å². The maximum absolute atomic E-state index is 13.8. The van der Waals surface area contributed by atoms with Crippen LogP contribution in [0, 0.1) is 0 Å². The number of hydrogen-bond acceptors (Lipinski definition) is 4. The molecule has 1 amide bonds. The molecule has 0 spiro atoms. The standard InChI is InChI=1S/C34H34N2O3/c37-31(24-35-21-11-16-25-12-3-1-4-13-25)30(22-26-14-5-2-6-15-26)36-34(38)29-23-27-17-7-9-19-32(27)39-33-20-10-8-18-28(29)33/h1-10,12-15,17-20,23,30-31,35,37H,11,16,21-22,24H2,(H,36,38)/t30-,31-/m0/s1. The largest absolute Gasteiger partial charge is 0.456 e. The lowest BCUT2D eigenvalue weighted by Crippen LogP contribution is -2.49. The second-order valence-electron chi connectivity index (χ2n) is 9.82. The lowest BCUT2D eigenvalue weighted by atomic mass is 9.98. The van der Waals surface area contributed by atoms with Crippen molar-refractivity contribution in [3.8, 4) is 11.5 Å². The summed E-state index contributed by atoms with van der Waals surface area (Å²) in [6, 6.07) is 35.1. The molecule has 0 saturated carbocycles. The van der Waals surface area contributed by atoms with Gasteiger partial charge in [0.15, 0.2) is 0 Å². The number of aliphatic hydroxyl groups excluding tert-OH is 1. The lowest BCUT2D eigenvalue weighted by molar-refractivity contribution is -0.117. The summed E-state index contributed by atoms with van der Waals surface area (Å²) in [6.07, 6.45) is 3.56. The number of para-hydroxylation sites is 2. The zero-order valence-electron chi connectivity index (χ0n) is 21.9. The highest BCUT2D eigenvalue weighted by Crippen LogP contribution is 2.37. The molecule has 4 aromatic rings. The summed E-state index contributed by atoms with van der Waals surface area (Å²) in [7, 11) is 0. The predicted octanol–water partition coefficient (Wildman–Crippen LogP) is 5.64. The first-order chi connectivity index (χ1) is 19.2. The topological polar surface area (TPSA) is 70.6 Å². The van der Waals surface area contributed by atoms with E-state index in [-0.39, 0.29) is 5.91 Å². The van der Waals surface area contributed by atoms with E-state index in [9.17, 15) is 9.90 Å². The molecule has 1 heterocycles. The second-order valence-corrected chi connectivity index (χ2v) is 9.82. The summed E-state index contributed by atoms with van der Waals surface area (Å²) >= 11 is 0. The number of carbonyl (C=O) groups is 1. The Kier molecular flexibility index (Phi) is 8.84. The first kappa shape index (κ1) is 26.4. The summed E-state index contributed by atoms with van der Waals surface area (Å²) in [4.78, 5) is 13.8. The van der Waals surface area contributed by atoms with Crippen LogP contribution in [0.1, 0.15) is 28.7 Å². The van der Waals surface area contributed by atoms with Crippen LogP contribution in [0.2, 0.25) is 0 Å². The van der Waals surface area contributed by atoms with Crippen molar-refractivity contribution in [1.82, 2.24) is 10.6 Å². The molecule has 2 atom stereocenters. The number of hydrogen-bond donors (Lipinski definition) is 3. The Balaban J connectivity index is 1.30. The van der Waals surface area contributed by atoms with E-state index >= 15 is 0 Å². The van der Waals surface area contributed by atoms with Gasteiger partial charge in [-0.05, 0) is 55.1 Å². The smallest absolute Gasteiger partial charge is 0.252 e. The molecular weight excluding hydrogens is 484 g/mol. The third kappa shape index (κ3) is 7.02. The van der Waals surface area contributed by atoms with Crippen molar-refractivity contribution >= 4 is 17.6 Å². The van der Waals surface area contributed by atoms with Gasteiger partial charge in [-0.2, -0.15) is 0 Å². The van der Waals surface area contributed by atoms with Gasteiger partial charge in [-0.1, -0.05) is 97.1 Å². The van der Waals surface area contributed by atoms with Crippen LogP contribution >= 0.6 is 0 Å². The van der Waals surface area contributed by atoms with Gasteiger partial charge in [-0.25, -0.2) is 0 Å². The molecule has 198 valence electrons. The van der Waals surface area contributed by atoms with Crippen LogP contribution in [0.4, 0.5) is 0 Å². The molecule has 5 heteroatoms. The second kappa shape index (κ2) is 13.1. The van der Waals surface area contributed by atoms with Gasteiger partial charge in [-0.3, -0.25) is 4.79 Å². The van der Waals surface area contributed by atoms with Crippen LogP contribution < -0.4 is 15.4 Å². The average molecular weight is 519 g/mol. The molecule has 39 heavy (non-hydrogen) atoms. The average Bonchev–Trinajstić information content (AvgIpc) is 3.14. The predicted molar refractivity (Wildman–Crippen MR) is 157 cm³/mol. The zero-order chi connectivity index (χ0) is 26.9. The van der Waals surface area contributed by atoms with Crippen molar-refractivity contribution in [2.45, 2.75) is 31.4 Å². The number of fused-ring (bicyclic) bond motifs is 2. The maximum Gasteiger partial charge on any atom is 0.252 e. The maximum atomic E-state index is 13.8. The van der Waals surface area contributed by atoms with E-state index in [1.165, 1.54) is 5.56 Å². The van der Waals surface area contributed by atoms with Crippen LogP contribution in [-0.4, -0.2) is 36.2 Å². The summed E-state index contributed by atoms with van der Waals surface area (Å²) in [5.74, 6) is 1.09. The summed E-state index contributed by atoms with van der Waals surface area (Å²) < 4.78 is 6.15.